The number of benzene rings is 1. The van der Waals surface area contributed by atoms with Gasteiger partial charge in [0, 0.05) is 11.6 Å². The van der Waals surface area contributed by atoms with E-state index in [0.717, 1.165) is 0 Å². The average Bonchev–Trinajstić information content (AvgIpc) is 2.10. The zero-order valence-corrected chi connectivity index (χ0v) is 11.0. The largest absolute Gasteiger partial charge is 0.506 e. The van der Waals surface area contributed by atoms with Gasteiger partial charge in [0.15, 0.2) is 0 Å². The summed E-state index contributed by atoms with van der Waals surface area (Å²) in [4.78, 5) is 0. The summed E-state index contributed by atoms with van der Waals surface area (Å²) < 4.78 is 13.5. The lowest BCUT2D eigenvalue weighted by atomic mass is 9.82. The molecule has 3 N–H and O–H groups in total. The highest BCUT2D eigenvalue weighted by molar-refractivity contribution is 6.32. The molecule has 2 nitrogen and oxygen atoms in total. The third-order valence-corrected chi connectivity index (χ3v) is 2.66. The molecule has 1 atom stereocenters. The minimum atomic E-state index is -0.601. The van der Waals surface area contributed by atoms with Crippen LogP contribution in [0.3, 0.4) is 0 Å². The lowest BCUT2D eigenvalue weighted by Gasteiger charge is -2.28. The van der Waals surface area contributed by atoms with Crippen LogP contribution in [0.1, 0.15) is 32.4 Å². The van der Waals surface area contributed by atoms with Crippen LogP contribution >= 0.6 is 24.0 Å². The normalized spacial score (nSPS) is 13.1. The molecule has 1 rings (SSSR count). The number of hydrogen-bond acceptors (Lipinski definition) is 2. The first-order chi connectivity index (χ1) is 6.75. The molecule has 0 spiro atoms. The van der Waals surface area contributed by atoms with Crippen LogP contribution in [-0.4, -0.2) is 5.11 Å². The van der Waals surface area contributed by atoms with Gasteiger partial charge in [0.05, 0.1) is 5.02 Å². The molecule has 92 valence electrons. The Balaban J connectivity index is 0.00000225. The van der Waals surface area contributed by atoms with Gasteiger partial charge in [-0.25, -0.2) is 4.39 Å². The van der Waals surface area contributed by atoms with Crippen LogP contribution in [0.5, 0.6) is 5.75 Å². The van der Waals surface area contributed by atoms with E-state index in [0.29, 0.717) is 0 Å². The van der Waals surface area contributed by atoms with E-state index in [4.69, 9.17) is 17.3 Å². The van der Waals surface area contributed by atoms with Gasteiger partial charge in [-0.3, -0.25) is 0 Å². The van der Waals surface area contributed by atoms with Crippen LogP contribution in [0.15, 0.2) is 12.1 Å². The Hall–Kier alpha value is -0.510. The maximum atomic E-state index is 13.5. The second-order valence-electron chi connectivity index (χ2n) is 4.64. The summed E-state index contributed by atoms with van der Waals surface area (Å²) in [6.07, 6.45) is 0. The molecule has 5 heteroatoms. The maximum Gasteiger partial charge on any atom is 0.141 e. The van der Waals surface area contributed by atoms with Gasteiger partial charge in [0.25, 0.3) is 0 Å². The van der Waals surface area contributed by atoms with Crippen molar-refractivity contribution in [2.45, 2.75) is 26.8 Å². The van der Waals surface area contributed by atoms with E-state index in [1.165, 1.54) is 12.1 Å². The maximum absolute atomic E-state index is 13.5. The van der Waals surface area contributed by atoms with Crippen molar-refractivity contribution >= 4 is 24.0 Å². The van der Waals surface area contributed by atoms with Crippen molar-refractivity contribution in [3.63, 3.8) is 0 Å². The smallest absolute Gasteiger partial charge is 0.141 e. The van der Waals surface area contributed by atoms with Gasteiger partial charge in [-0.1, -0.05) is 32.4 Å². The van der Waals surface area contributed by atoms with E-state index in [9.17, 15) is 9.50 Å². The molecule has 1 aromatic carbocycles. The number of aromatic hydroxyl groups is 1. The molecule has 0 aliphatic heterocycles. The molecule has 0 aliphatic rings. The summed E-state index contributed by atoms with van der Waals surface area (Å²) in [6, 6.07) is 1.92. The van der Waals surface area contributed by atoms with E-state index in [-0.39, 0.29) is 34.2 Å². The van der Waals surface area contributed by atoms with Crippen molar-refractivity contribution in [3.8, 4) is 5.75 Å². The third-order valence-electron chi connectivity index (χ3n) is 2.36. The second-order valence-corrected chi connectivity index (χ2v) is 5.04. The molecule has 0 saturated carbocycles. The van der Waals surface area contributed by atoms with Gasteiger partial charge >= 0.3 is 0 Å². The summed E-state index contributed by atoms with van der Waals surface area (Å²) in [5, 5.41) is 9.78. The average molecular weight is 268 g/mol. The van der Waals surface area contributed by atoms with E-state index < -0.39 is 11.9 Å². The molecule has 1 aromatic rings. The highest BCUT2D eigenvalue weighted by Gasteiger charge is 2.28. The summed E-state index contributed by atoms with van der Waals surface area (Å²) in [5.41, 5.74) is 5.62. The number of phenolic OH excluding ortho intramolecular Hbond substituents is 1. The van der Waals surface area contributed by atoms with E-state index in [1.807, 2.05) is 20.8 Å². The van der Waals surface area contributed by atoms with Gasteiger partial charge in [-0.2, -0.15) is 0 Å². The number of halogens is 3. The zero-order valence-electron chi connectivity index (χ0n) is 9.42. The third kappa shape index (κ3) is 3.00. The first-order valence-corrected chi connectivity index (χ1v) is 5.05. The topological polar surface area (TPSA) is 46.2 Å². The van der Waals surface area contributed by atoms with Gasteiger partial charge in [-0.05, 0) is 17.5 Å². The predicted molar refractivity (Wildman–Crippen MR) is 66.7 cm³/mol. The van der Waals surface area contributed by atoms with Crippen LogP contribution in [0.25, 0.3) is 0 Å². The number of rotatable bonds is 1. The van der Waals surface area contributed by atoms with Gasteiger partial charge in [0.1, 0.15) is 11.6 Å². The fourth-order valence-electron chi connectivity index (χ4n) is 1.29. The molecule has 0 fully saturated rings. The number of nitrogens with two attached hydrogens (primary N) is 1. The summed E-state index contributed by atoms with van der Waals surface area (Å²) in [7, 11) is 0. The first kappa shape index (κ1) is 15.5. The number of phenols is 1. The summed E-state index contributed by atoms with van der Waals surface area (Å²) >= 11 is 5.71. The molecule has 0 aliphatic carbocycles. The highest BCUT2D eigenvalue weighted by Crippen LogP contribution is 2.39. The fourth-order valence-corrected chi connectivity index (χ4v) is 1.45. The predicted octanol–water partition coefficient (Wildman–Crippen LogP) is 3.65. The molecule has 0 bridgehead atoms. The molecule has 0 aromatic heterocycles. The van der Waals surface area contributed by atoms with Crippen molar-refractivity contribution in [2.75, 3.05) is 0 Å². The minimum absolute atomic E-state index is 0. The molecular weight excluding hydrogens is 252 g/mol. The Morgan fingerprint density at radius 1 is 1.38 bits per heavy atom. The molecule has 0 heterocycles. The molecule has 0 amide bonds. The highest BCUT2D eigenvalue weighted by atomic mass is 35.5. The molecule has 16 heavy (non-hydrogen) atoms. The Morgan fingerprint density at radius 3 is 2.31 bits per heavy atom. The van der Waals surface area contributed by atoms with Crippen LogP contribution in [-0.2, 0) is 0 Å². The Labute approximate surface area is 106 Å². The summed E-state index contributed by atoms with van der Waals surface area (Å²) in [5.74, 6) is -0.793. The number of hydrogen-bond donors (Lipinski definition) is 2. The van der Waals surface area contributed by atoms with Crippen molar-refractivity contribution < 1.29 is 9.50 Å². The van der Waals surface area contributed by atoms with E-state index in [1.54, 1.807) is 0 Å². The lowest BCUT2D eigenvalue weighted by Crippen LogP contribution is -2.27. The van der Waals surface area contributed by atoms with Crippen molar-refractivity contribution in [2.24, 2.45) is 11.1 Å². The zero-order chi connectivity index (χ0) is 11.8. The molecule has 0 unspecified atom stereocenters. The van der Waals surface area contributed by atoms with E-state index >= 15 is 0 Å². The molecular formula is C11H16Cl2FNO. The quantitative estimate of drug-likeness (QED) is 0.816. The first-order valence-electron chi connectivity index (χ1n) is 4.67. The Kier molecular flexibility index (Phi) is 5.05. The van der Waals surface area contributed by atoms with Crippen LogP contribution in [0, 0.1) is 11.2 Å². The monoisotopic (exact) mass is 267 g/mol. The SMILES string of the molecule is CC(C)(C)[C@@H](N)c1c(F)ccc(Cl)c1O.Cl. The van der Waals surface area contributed by atoms with E-state index in [2.05, 4.69) is 0 Å². The van der Waals surface area contributed by atoms with Gasteiger partial charge < -0.3 is 10.8 Å². The van der Waals surface area contributed by atoms with Crippen LogP contribution < -0.4 is 5.73 Å². The van der Waals surface area contributed by atoms with Crippen LogP contribution in [0.4, 0.5) is 4.39 Å². The molecule has 0 saturated heterocycles. The Morgan fingerprint density at radius 2 is 1.88 bits per heavy atom. The fraction of sp³-hybridized carbons (Fsp3) is 0.455. The van der Waals surface area contributed by atoms with Gasteiger partial charge in [-0.15, -0.1) is 12.4 Å². The summed E-state index contributed by atoms with van der Waals surface area (Å²) in [6.45, 7) is 5.62. The Bertz CT molecular complexity index is 377. The standard InChI is InChI=1S/C11H15ClFNO.ClH/c1-11(2,3)10(14)8-7(13)5-4-6(12)9(8)15;/h4-5,10,15H,14H2,1-3H3;1H/t10-;/m0./s1. The van der Waals surface area contributed by atoms with Gasteiger partial charge in [0.2, 0.25) is 0 Å². The lowest BCUT2D eigenvalue weighted by molar-refractivity contribution is 0.309. The van der Waals surface area contributed by atoms with Crippen molar-refractivity contribution in [1.82, 2.24) is 0 Å². The van der Waals surface area contributed by atoms with Crippen LogP contribution in [0.2, 0.25) is 5.02 Å². The molecule has 0 radical (unpaired) electrons. The van der Waals surface area contributed by atoms with Crippen molar-refractivity contribution in [1.29, 1.82) is 0 Å². The minimum Gasteiger partial charge on any atom is -0.506 e. The second kappa shape index (κ2) is 5.21. The van der Waals surface area contributed by atoms with Crippen molar-refractivity contribution in [3.05, 3.63) is 28.5 Å².